The van der Waals surface area contributed by atoms with Crippen LogP contribution < -0.4 is 4.74 Å². The summed E-state index contributed by atoms with van der Waals surface area (Å²) < 4.78 is 46.7. The van der Waals surface area contributed by atoms with Crippen molar-refractivity contribution in [3.8, 4) is 5.75 Å². The lowest BCUT2D eigenvalue weighted by Gasteiger charge is -2.13. The van der Waals surface area contributed by atoms with Gasteiger partial charge in [-0.3, -0.25) is 10.1 Å². The molecule has 0 aliphatic carbocycles. The number of ether oxygens (including phenoxy) is 2. The molecule has 6 nitrogen and oxygen atoms in total. The number of alkyl halides is 3. The smallest absolute Gasteiger partial charge is 0.416 e. The van der Waals surface area contributed by atoms with Crippen LogP contribution in [-0.2, 0) is 15.7 Å². The Balaban J connectivity index is 3.15. The predicted molar refractivity (Wildman–Crippen MR) is 60.2 cm³/mol. The summed E-state index contributed by atoms with van der Waals surface area (Å²) in [7, 11) is 1.09. The second-order valence-electron chi connectivity index (χ2n) is 3.72. The molecule has 1 rings (SSSR count). The minimum absolute atomic E-state index is 0.347. The molecule has 1 unspecified atom stereocenters. The Hall–Kier alpha value is -2.32. The fourth-order valence-corrected chi connectivity index (χ4v) is 1.34. The number of hydrogen-bond donors (Lipinski definition) is 0. The SMILES string of the molecule is COC(=O)C(C)Oc1ccc(C(F)(F)F)cc1[N+](=O)[O-]. The number of hydrogen-bond acceptors (Lipinski definition) is 5. The van der Waals surface area contributed by atoms with E-state index in [1.54, 1.807) is 0 Å². The zero-order valence-electron chi connectivity index (χ0n) is 10.4. The Bertz CT molecular complexity index is 529. The molecular weight excluding hydrogens is 283 g/mol. The number of nitro groups is 1. The molecule has 0 amide bonds. The number of nitrogens with zero attached hydrogens (tertiary/aromatic N) is 1. The van der Waals surface area contributed by atoms with Crippen molar-refractivity contribution in [2.24, 2.45) is 0 Å². The maximum absolute atomic E-state index is 12.5. The highest BCUT2D eigenvalue weighted by Gasteiger charge is 2.33. The van der Waals surface area contributed by atoms with Crippen molar-refractivity contribution < 1.29 is 32.4 Å². The molecule has 110 valence electrons. The molecule has 0 aliphatic rings. The van der Waals surface area contributed by atoms with Crippen molar-refractivity contribution >= 4 is 11.7 Å². The van der Waals surface area contributed by atoms with Crippen LogP contribution >= 0.6 is 0 Å². The third kappa shape index (κ3) is 3.59. The van der Waals surface area contributed by atoms with E-state index in [0.717, 1.165) is 13.2 Å². The molecule has 9 heteroatoms. The molecule has 0 saturated heterocycles. The van der Waals surface area contributed by atoms with Gasteiger partial charge in [-0.1, -0.05) is 0 Å². The fraction of sp³-hybridized carbons (Fsp3) is 0.364. The van der Waals surface area contributed by atoms with Crippen LogP contribution in [0.5, 0.6) is 5.75 Å². The largest absolute Gasteiger partial charge is 0.472 e. The summed E-state index contributed by atoms with van der Waals surface area (Å²) in [5.41, 5.74) is -2.06. The maximum atomic E-state index is 12.5. The molecule has 0 aromatic heterocycles. The first-order valence-corrected chi connectivity index (χ1v) is 5.27. The van der Waals surface area contributed by atoms with Crippen molar-refractivity contribution in [1.82, 2.24) is 0 Å². The van der Waals surface area contributed by atoms with E-state index in [0.29, 0.717) is 12.1 Å². The third-order valence-electron chi connectivity index (χ3n) is 2.32. The number of rotatable bonds is 4. The van der Waals surface area contributed by atoms with Crippen molar-refractivity contribution in [3.63, 3.8) is 0 Å². The first-order chi connectivity index (χ1) is 9.16. The number of esters is 1. The highest BCUT2D eigenvalue weighted by atomic mass is 19.4. The second-order valence-corrected chi connectivity index (χ2v) is 3.72. The van der Waals surface area contributed by atoms with E-state index in [1.165, 1.54) is 6.92 Å². The Labute approximate surface area is 111 Å². The van der Waals surface area contributed by atoms with E-state index in [2.05, 4.69) is 4.74 Å². The van der Waals surface area contributed by atoms with Gasteiger partial charge in [-0.05, 0) is 19.1 Å². The van der Waals surface area contributed by atoms with Gasteiger partial charge < -0.3 is 9.47 Å². The van der Waals surface area contributed by atoms with Crippen LogP contribution in [0.25, 0.3) is 0 Å². The molecule has 1 aromatic carbocycles. The fourth-order valence-electron chi connectivity index (χ4n) is 1.34. The molecule has 0 fully saturated rings. The lowest BCUT2D eigenvalue weighted by atomic mass is 10.2. The van der Waals surface area contributed by atoms with Crippen LogP contribution in [-0.4, -0.2) is 24.1 Å². The highest BCUT2D eigenvalue weighted by molar-refractivity contribution is 5.74. The van der Waals surface area contributed by atoms with Crippen LogP contribution in [0.4, 0.5) is 18.9 Å². The van der Waals surface area contributed by atoms with Crippen LogP contribution in [0.1, 0.15) is 12.5 Å². The van der Waals surface area contributed by atoms with Crippen LogP contribution in [0.3, 0.4) is 0 Å². The van der Waals surface area contributed by atoms with E-state index in [9.17, 15) is 28.1 Å². The normalized spacial score (nSPS) is 12.7. The topological polar surface area (TPSA) is 78.7 Å². The molecule has 1 atom stereocenters. The highest BCUT2D eigenvalue weighted by Crippen LogP contribution is 2.36. The summed E-state index contributed by atoms with van der Waals surface area (Å²) in [5, 5.41) is 10.8. The number of nitro benzene ring substituents is 1. The van der Waals surface area contributed by atoms with Gasteiger partial charge in [0.25, 0.3) is 0 Å². The molecule has 0 aliphatic heterocycles. The van der Waals surface area contributed by atoms with E-state index in [4.69, 9.17) is 4.74 Å². The lowest BCUT2D eigenvalue weighted by Crippen LogP contribution is -2.25. The molecule has 0 radical (unpaired) electrons. The van der Waals surface area contributed by atoms with Crippen molar-refractivity contribution in [2.45, 2.75) is 19.2 Å². The summed E-state index contributed by atoms with van der Waals surface area (Å²) >= 11 is 0. The van der Waals surface area contributed by atoms with E-state index >= 15 is 0 Å². The summed E-state index contributed by atoms with van der Waals surface area (Å²) in [6.07, 6.45) is -5.90. The van der Waals surface area contributed by atoms with Crippen molar-refractivity contribution in [3.05, 3.63) is 33.9 Å². The Morgan fingerprint density at radius 3 is 2.45 bits per heavy atom. The molecule has 1 aromatic rings. The van der Waals surface area contributed by atoms with Crippen molar-refractivity contribution in [1.29, 1.82) is 0 Å². The summed E-state index contributed by atoms with van der Waals surface area (Å²) in [5.74, 6) is -1.25. The number of carbonyl (C=O) groups excluding carboxylic acids is 1. The molecule has 0 bridgehead atoms. The summed E-state index contributed by atoms with van der Waals surface area (Å²) in [6.45, 7) is 1.26. The van der Waals surface area contributed by atoms with Gasteiger partial charge in [0, 0.05) is 6.07 Å². The summed E-state index contributed by atoms with van der Waals surface area (Å²) in [6, 6.07) is 1.77. The van der Waals surface area contributed by atoms with Crippen LogP contribution in [0.15, 0.2) is 18.2 Å². The minimum atomic E-state index is -4.71. The standard InChI is InChI=1S/C11H10F3NO5/c1-6(10(16)19-2)20-9-4-3-7(11(12,13)14)5-8(9)15(17)18/h3-6H,1-2H3. The molecule has 0 saturated carbocycles. The predicted octanol–water partition coefficient (Wildman–Crippen LogP) is 2.55. The van der Waals surface area contributed by atoms with Gasteiger partial charge in [0.2, 0.25) is 0 Å². The van der Waals surface area contributed by atoms with Crippen LogP contribution in [0, 0.1) is 10.1 Å². The molecular formula is C11H10F3NO5. The van der Waals surface area contributed by atoms with Gasteiger partial charge in [-0.2, -0.15) is 13.2 Å². The average molecular weight is 293 g/mol. The van der Waals surface area contributed by atoms with Gasteiger partial charge in [-0.25, -0.2) is 4.79 Å². The van der Waals surface area contributed by atoms with E-state index in [-0.39, 0.29) is 0 Å². The lowest BCUT2D eigenvalue weighted by molar-refractivity contribution is -0.386. The zero-order chi connectivity index (χ0) is 15.5. The van der Waals surface area contributed by atoms with Gasteiger partial charge >= 0.3 is 17.8 Å². The zero-order valence-corrected chi connectivity index (χ0v) is 10.4. The molecule has 0 heterocycles. The first-order valence-electron chi connectivity index (χ1n) is 5.27. The van der Waals surface area contributed by atoms with Gasteiger partial charge in [0.1, 0.15) is 0 Å². The van der Waals surface area contributed by atoms with Gasteiger partial charge in [0.15, 0.2) is 11.9 Å². The monoisotopic (exact) mass is 293 g/mol. The average Bonchev–Trinajstić information content (AvgIpc) is 2.36. The van der Waals surface area contributed by atoms with E-state index < -0.39 is 40.2 Å². The van der Waals surface area contributed by atoms with Gasteiger partial charge in [0.05, 0.1) is 17.6 Å². The van der Waals surface area contributed by atoms with Gasteiger partial charge in [-0.15, -0.1) is 0 Å². The second kappa shape index (κ2) is 5.76. The minimum Gasteiger partial charge on any atom is -0.472 e. The molecule has 0 N–H and O–H groups in total. The van der Waals surface area contributed by atoms with E-state index in [1.807, 2.05) is 0 Å². The summed E-state index contributed by atoms with van der Waals surface area (Å²) in [4.78, 5) is 20.9. The third-order valence-corrected chi connectivity index (χ3v) is 2.32. The number of halogens is 3. The Morgan fingerprint density at radius 2 is 2.00 bits per heavy atom. The molecule has 20 heavy (non-hydrogen) atoms. The number of carbonyl (C=O) groups is 1. The number of methoxy groups -OCH3 is 1. The first kappa shape index (κ1) is 15.7. The Kier molecular flexibility index (Phi) is 4.53. The molecule has 0 spiro atoms. The van der Waals surface area contributed by atoms with Crippen LogP contribution in [0.2, 0.25) is 0 Å². The Morgan fingerprint density at radius 1 is 1.40 bits per heavy atom. The quantitative estimate of drug-likeness (QED) is 0.484. The van der Waals surface area contributed by atoms with Crippen molar-refractivity contribution in [2.75, 3.05) is 7.11 Å². The number of benzene rings is 1. The maximum Gasteiger partial charge on any atom is 0.416 e.